The molecule has 31 heavy (non-hydrogen) atoms. The molecule has 8 nitrogen and oxygen atoms in total. The van der Waals surface area contributed by atoms with Gasteiger partial charge in [-0.25, -0.2) is 17.8 Å². The third-order valence-electron chi connectivity index (χ3n) is 5.72. The van der Waals surface area contributed by atoms with Crippen molar-refractivity contribution in [3.8, 4) is 11.5 Å². The Labute approximate surface area is 179 Å². The maximum atomic E-state index is 13.3. The first kappa shape index (κ1) is 20.2. The zero-order valence-electron chi connectivity index (χ0n) is 16.9. The van der Waals surface area contributed by atoms with Crippen molar-refractivity contribution >= 4 is 21.1 Å². The first-order valence-corrected chi connectivity index (χ1v) is 11.7. The van der Waals surface area contributed by atoms with E-state index in [1.807, 2.05) is 4.57 Å². The summed E-state index contributed by atoms with van der Waals surface area (Å²) in [6, 6.07) is 9.36. The van der Waals surface area contributed by atoms with Gasteiger partial charge in [0.15, 0.2) is 11.5 Å². The van der Waals surface area contributed by atoms with E-state index in [-0.39, 0.29) is 10.7 Å². The van der Waals surface area contributed by atoms with E-state index in [4.69, 9.17) is 9.47 Å². The van der Waals surface area contributed by atoms with Crippen LogP contribution in [0.15, 0.2) is 47.6 Å². The molecule has 0 radical (unpaired) electrons. The maximum absolute atomic E-state index is 13.3. The molecule has 0 amide bonds. The lowest BCUT2D eigenvalue weighted by Gasteiger charge is -2.34. The minimum atomic E-state index is -3.59. The Morgan fingerprint density at radius 2 is 1.71 bits per heavy atom. The van der Waals surface area contributed by atoms with Gasteiger partial charge in [0.1, 0.15) is 19.0 Å². The molecule has 3 heterocycles. The van der Waals surface area contributed by atoms with Crippen molar-refractivity contribution in [2.45, 2.75) is 11.4 Å². The Hall–Kier alpha value is -2.69. The molecular weight excluding hydrogens is 423 g/mol. The van der Waals surface area contributed by atoms with Crippen LogP contribution in [0.25, 0.3) is 11.0 Å². The third-order valence-corrected chi connectivity index (χ3v) is 7.62. The number of rotatable bonds is 5. The molecule has 0 bridgehead atoms. The summed E-state index contributed by atoms with van der Waals surface area (Å²) < 4.78 is 54.0. The number of ether oxygens (including phenoxy) is 2. The number of imidazole rings is 1. The Morgan fingerprint density at radius 1 is 0.935 bits per heavy atom. The van der Waals surface area contributed by atoms with Crippen LogP contribution in [0.5, 0.6) is 11.5 Å². The summed E-state index contributed by atoms with van der Waals surface area (Å²) in [5.41, 5.74) is 1.52. The topological polar surface area (TPSA) is 76.9 Å². The standard InChI is InChI=1S/C21H23FN4O4S/c22-16-1-3-19-18(13-16)23-15-25(19)8-5-24-6-9-26(10-7-24)31(27,28)17-2-4-20-21(14-17)30-12-11-29-20/h1-4,13-15H,5-12H2. The van der Waals surface area contributed by atoms with E-state index in [0.29, 0.717) is 63.0 Å². The second kappa shape index (κ2) is 8.10. The lowest BCUT2D eigenvalue weighted by Crippen LogP contribution is -2.49. The fourth-order valence-electron chi connectivity index (χ4n) is 3.99. The molecular formula is C21H23FN4O4S. The lowest BCUT2D eigenvalue weighted by molar-refractivity contribution is 0.170. The average molecular weight is 447 g/mol. The van der Waals surface area contributed by atoms with Gasteiger partial charge < -0.3 is 14.0 Å². The number of sulfonamides is 1. The van der Waals surface area contributed by atoms with Crippen molar-refractivity contribution < 1.29 is 22.3 Å². The Kier molecular flexibility index (Phi) is 5.28. The monoisotopic (exact) mass is 446 g/mol. The zero-order valence-corrected chi connectivity index (χ0v) is 17.7. The van der Waals surface area contributed by atoms with Gasteiger partial charge in [0.05, 0.1) is 22.3 Å². The van der Waals surface area contributed by atoms with Crippen LogP contribution < -0.4 is 9.47 Å². The van der Waals surface area contributed by atoms with E-state index in [2.05, 4.69) is 9.88 Å². The van der Waals surface area contributed by atoms with Crippen LogP contribution in [-0.4, -0.2) is 73.1 Å². The van der Waals surface area contributed by atoms with Crippen molar-refractivity contribution in [3.63, 3.8) is 0 Å². The zero-order chi connectivity index (χ0) is 21.4. The van der Waals surface area contributed by atoms with Crippen LogP contribution in [0, 0.1) is 5.82 Å². The fourth-order valence-corrected chi connectivity index (χ4v) is 5.43. The summed E-state index contributed by atoms with van der Waals surface area (Å²) in [7, 11) is -3.59. The van der Waals surface area contributed by atoms with E-state index in [1.54, 1.807) is 30.6 Å². The first-order valence-electron chi connectivity index (χ1n) is 10.2. The van der Waals surface area contributed by atoms with Gasteiger partial charge in [0.25, 0.3) is 0 Å². The van der Waals surface area contributed by atoms with E-state index in [0.717, 1.165) is 12.1 Å². The summed E-state index contributed by atoms with van der Waals surface area (Å²) in [6.07, 6.45) is 1.71. The SMILES string of the molecule is O=S(=O)(c1ccc2c(c1)OCCO2)N1CCN(CCn2cnc3cc(F)ccc32)CC1. The van der Waals surface area contributed by atoms with Gasteiger partial charge in [-0.3, -0.25) is 4.90 Å². The molecule has 0 atom stereocenters. The molecule has 5 rings (SSSR count). The van der Waals surface area contributed by atoms with Crippen molar-refractivity contribution in [3.05, 3.63) is 48.5 Å². The molecule has 1 saturated heterocycles. The molecule has 2 aliphatic rings. The van der Waals surface area contributed by atoms with Gasteiger partial charge in [-0.1, -0.05) is 0 Å². The molecule has 0 N–H and O–H groups in total. The predicted octanol–water partition coefficient (Wildman–Crippen LogP) is 1.95. The molecule has 1 fully saturated rings. The molecule has 10 heteroatoms. The molecule has 164 valence electrons. The molecule has 2 aromatic carbocycles. The fraction of sp³-hybridized carbons (Fsp3) is 0.381. The Morgan fingerprint density at radius 3 is 2.52 bits per heavy atom. The molecule has 2 aliphatic heterocycles. The highest BCUT2D eigenvalue weighted by Crippen LogP contribution is 2.33. The molecule has 0 unspecified atom stereocenters. The van der Waals surface area contributed by atoms with E-state index >= 15 is 0 Å². The maximum Gasteiger partial charge on any atom is 0.243 e. The lowest BCUT2D eigenvalue weighted by atomic mass is 10.3. The van der Waals surface area contributed by atoms with Crippen molar-refractivity contribution in [2.75, 3.05) is 45.9 Å². The highest BCUT2D eigenvalue weighted by Gasteiger charge is 2.29. The summed E-state index contributed by atoms with van der Waals surface area (Å²) in [5.74, 6) is 0.747. The van der Waals surface area contributed by atoms with Gasteiger partial charge in [0.2, 0.25) is 10.0 Å². The van der Waals surface area contributed by atoms with Crippen LogP contribution in [-0.2, 0) is 16.6 Å². The van der Waals surface area contributed by atoms with Crippen LogP contribution in [0.2, 0.25) is 0 Å². The normalized spacial score (nSPS) is 17.8. The summed E-state index contributed by atoms with van der Waals surface area (Å²) in [5, 5.41) is 0. The van der Waals surface area contributed by atoms with Gasteiger partial charge in [-0.05, 0) is 24.3 Å². The van der Waals surface area contributed by atoms with Crippen LogP contribution in [0.3, 0.4) is 0 Å². The largest absolute Gasteiger partial charge is 0.486 e. The summed E-state index contributed by atoms with van der Waals surface area (Å²) in [4.78, 5) is 6.70. The Bertz CT molecular complexity index is 1210. The number of nitrogens with zero attached hydrogens (tertiary/aromatic N) is 4. The molecule has 0 spiro atoms. The predicted molar refractivity (Wildman–Crippen MR) is 112 cm³/mol. The molecule has 1 aromatic heterocycles. The minimum absolute atomic E-state index is 0.224. The second-order valence-electron chi connectivity index (χ2n) is 7.62. The number of hydrogen-bond donors (Lipinski definition) is 0. The number of fused-ring (bicyclic) bond motifs is 2. The average Bonchev–Trinajstić information content (AvgIpc) is 3.19. The van der Waals surface area contributed by atoms with Crippen molar-refractivity contribution in [1.29, 1.82) is 0 Å². The van der Waals surface area contributed by atoms with Gasteiger partial charge in [-0.2, -0.15) is 4.31 Å². The smallest absolute Gasteiger partial charge is 0.243 e. The van der Waals surface area contributed by atoms with Gasteiger partial charge in [-0.15, -0.1) is 0 Å². The number of aromatic nitrogens is 2. The van der Waals surface area contributed by atoms with Crippen molar-refractivity contribution in [2.24, 2.45) is 0 Å². The van der Waals surface area contributed by atoms with Crippen molar-refractivity contribution in [1.82, 2.24) is 18.8 Å². The number of halogens is 1. The van der Waals surface area contributed by atoms with E-state index < -0.39 is 10.0 Å². The number of hydrogen-bond acceptors (Lipinski definition) is 6. The molecule has 0 aliphatic carbocycles. The Balaban J connectivity index is 1.20. The summed E-state index contributed by atoms with van der Waals surface area (Å²) in [6.45, 7) is 4.48. The third kappa shape index (κ3) is 3.98. The van der Waals surface area contributed by atoms with Gasteiger partial charge >= 0.3 is 0 Å². The quantitative estimate of drug-likeness (QED) is 0.596. The molecule has 0 saturated carbocycles. The van der Waals surface area contributed by atoms with E-state index in [1.165, 1.54) is 16.4 Å². The number of piperazine rings is 1. The minimum Gasteiger partial charge on any atom is -0.486 e. The number of benzene rings is 2. The first-order chi connectivity index (χ1) is 15.0. The van der Waals surface area contributed by atoms with Crippen LogP contribution in [0.1, 0.15) is 0 Å². The summed E-state index contributed by atoms with van der Waals surface area (Å²) >= 11 is 0. The van der Waals surface area contributed by atoms with Crippen LogP contribution in [0.4, 0.5) is 4.39 Å². The highest BCUT2D eigenvalue weighted by atomic mass is 32.2. The van der Waals surface area contributed by atoms with Crippen LogP contribution >= 0.6 is 0 Å². The van der Waals surface area contributed by atoms with E-state index in [9.17, 15) is 12.8 Å². The van der Waals surface area contributed by atoms with Gasteiger partial charge in [0, 0.05) is 51.4 Å². The molecule has 3 aromatic rings. The highest BCUT2D eigenvalue weighted by molar-refractivity contribution is 7.89. The second-order valence-corrected chi connectivity index (χ2v) is 9.56.